The summed E-state index contributed by atoms with van der Waals surface area (Å²) in [5, 5.41) is 4.28. The Balaban J connectivity index is 1.88. The molecule has 0 spiro atoms. The van der Waals surface area contributed by atoms with E-state index in [1.54, 1.807) is 19.2 Å². The first kappa shape index (κ1) is 25.7. The van der Waals surface area contributed by atoms with E-state index in [0.29, 0.717) is 34.5 Å². The Bertz CT molecular complexity index is 1210. The minimum Gasteiger partial charge on any atom is -0.478 e. The van der Waals surface area contributed by atoms with E-state index in [-0.39, 0.29) is 17.9 Å². The number of hydrogen-bond acceptors (Lipinski definition) is 9. The zero-order chi connectivity index (χ0) is 24.0. The summed E-state index contributed by atoms with van der Waals surface area (Å²) >= 11 is 10.5. The zero-order valence-corrected chi connectivity index (χ0v) is 22.6. The van der Waals surface area contributed by atoms with Crippen LogP contribution in [0.5, 0.6) is 5.75 Å². The first-order valence-corrected chi connectivity index (χ1v) is 11.9. The molecule has 0 fully saturated rings. The first-order valence-electron chi connectivity index (χ1n) is 9.48. The Kier molecular flexibility index (Phi) is 9.30. The van der Waals surface area contributed by atoms with Gasteiger partial charge in [0.25, 0.3) is 11.5 Å². The van der Waals surface area contributed by atoms with Crippen LogP contribution in [-0.4, -0.2) is 47.2 Å². The van der Waals surface area contributed by atoms with Crippen LogP contribution in [0.4, 0.5) is 17.5 Å². The van der Waals surface area contributed by atoms with Crippen molar-refractivity contribution in [3.63, 3.8) is 0 Å². The number of nitrogens with zero attached hydrogens (tertiary/aromatic N) is 4. The number of amides is 1. The molecule has 33 heavy (non-hydrogen) atoms. The number of hydrogen-bond donors (Lipinski definition) is 3. The number of aromatic nitrogens is 3. The van der Waals surface area contributed by atoms with Gasteiger partial charge in [-0.05, 0) is 24.3 Å². The van der Waals surface area contributed by atoms with Crippen LogP contribution < -0.4 is 27.7 Å². The lowest BCUT2D eigenvalue weighted by molar-refractivity contribution is -0.133. The molecule has 1 amide bonds. The molecule has 0 saturated carbocycles. The lowest BCUT2D eigenvalue weighted by atomic mass is 10.2. The van der Waals surface area contributed by atoms with E-state index >= 15 is 0 Å². The van der Waals surface area contributed by atoms with E-state index in [1.165, 1.54) is 17.9 Å². The predicted molar refractivity (Wildman–Crippen MR) is 144 cm³/mol. The third-order valence-electron chi connectivity index (χ3n) is 4.38. The Morgan fingerprint density at radius 1 is 1.33 bits per heavy atom. The molecule has 1 aromatic carbocycles. The van der Waals surface area contributed by atoms with Gasteiger partial charge in [-0.2, -0.15) is 4.98 Å². The third-order valence-corrected chi connectivity index (χ3v) is 6.11. The second kappa shape index (κ2) is 12.0. The highest BCUT2D eigenvalue weighted by atomic mass is 127. The molecule has 0 aliphatic carbocycles. The third kappa shape index (κ3) is 6.56. The maximum Gasteiger partial charge on any atom is 0.293 e. The van der Waals surface area contributed by atoms with Crippen LogP contribution >= 0.6 is 57.3 Å². The Morgan fingerprint density at radius 3 is 2.85 bits per heavy atom. The van der Waals surface area contributed by atoms with Gasteiger partial charge in [0, 0.05) is 54.1 Å². The number of rotatable bonds is 10. The van der Waals surface area contributed by atoms with Crippen molar-refractivity contribution < 1.29 is 14.4 Å². The molecular formula is C19H20ClI2N7O4. The summed E-state index contributed by atoms with van der Waals surface area (Å²) in [6.07, 6.45) is 1.54. The number of carbonyl (C=O) groups is 1. The zero-order valence-electron chi connectivity index (χ0n) is 17.6. The van der Waals surface area contributed by atoms with E-state index < -0.39 is 5.91 Å². The number of hydroxylamine groups is 1. The Labute approximate surface area is 222 Å². The number of fused-ring (bicyclic) bond motifs is 1. The summed E-state index contributed by atoms with van der Waals surface area (Å²) in [6, 6.07) is 7.03. The van der Waals surface area contributed by atoms with Crippen LogP contribution in [0.3, 0.4) is 0 Å². The van der Waals surface area contributed by atoms with Gasteiger partial charge in [-0.15, -0.1) is 0 Å². The second-order valence-electron chi connectivity index (χ2n) is 6.63. The van der Waals surface area contributed by atoms with Crippen LogP contribution in [0.25, 0.3) is 10.9 Å². The topological polar surface area (TPSA) is 123 Å². The number of pyridine rings is 1. The van der Waals surface area contributed by atoms with Gasteiger partial charge in [0.05, 0.1) is 41.7 Å². The van der Waals surface area contributed by atoms with Gasteiger partial charge in [0.1, 0.15) is 5.02 Å². The van der Waals surface area contributed by atoms with Crippen molar-refractivity contribution in [1.82, 2.24) is 23.5 Å². The summed E-state index contributed by atoms with van der Waals surface area (Å²) in [5.74, 6) is 0.494. The minimum atomic E-state index is -0.511. The van der Waals surface area contributed by atoms with Crippen LogP contribution in [-0.2, 0) is 16.7 Å². The van der Waals surface area contributed by atoms with Crippen molar-refractivity contribution >= 4 is 91.6 Å². The summed E-state index contributed by atoms with van der Waals surface area (Å²) in [4.78, 5) is 37.5. The monoisotopic (exact) mass is 699 g/mol. The number of aryl methyl sites for hydroxylation is 1. The summed E-state index contributed by atoms with van der Waals surface area (Å²) in [5.41, 5.74) is 3.17. The molecule has 11 nitrogen and oxygen atoms in total. The maximum absolute atomic E-state index is 12.6. The van der Waals surface area contributed by atoms with E-state index in [9.17, 15) is 9.59 Å². The molecule has 3 aromatic rings. The molecule has 0 unspecified atom stereocenters. The number of ether oxygens (including phenoxy) is 1. The van der Waals surface area contributed by atoms with Crippen molar-refractivity contribution in [3.8, 4) is 5.75 Å². The number of benzene rings is 1. The normalized spacial score (nSPS) is 10.8. The van der Waals surface area contributed by atoms with Gasteiger partial charge in [-0.1, -0.05) is 11.6 Å². The largest absolute Gasteiger partial charge is 0.478 e. The lowest BCUT2D eigenvalue weighted by Gasteiger charge is -2.16. The Morgan fingerprint density at radius 2 is 2.12 bits per heavy atom. The molecule has 3 rings (SSSR count). The van der Waals surface area contributed by atoms with Gasteiger partial charge in [0.15, 0.2) is 18.2 Å². The molecule has 0 radical (unpaired) electrons. The van der Waals surface area contributed by atoms with Crippen molar-refractivity contribution in [1.29, 1.82) is 0 Å². The SMILES string of the molecule is CONC(=O)COc1cc2cc(Nc3nc(N(I)CCNI)ncc3Cl)ccc2n(C)c1=O. The number of carbonyl (C=O) groups excluding carboxylic acids is 1. The highest BCUT2D eigenvalue weighted by Gasteiger charge is 2.13. The van der Waals surface area contributed by atoms with E-state index in [4.69, 9.17) is 16.3 Å². The number of halogens is 3. The molecule has 2 aromatic heterocycles. The maximum atomic E-state index is 12.6. The average molecular weight is 700 g/mol. The lowest BCUT2D eigenvalue weighted by Crippen LogP contribution is -2.29. The standard InChI is InChI=1S/C19H20ClI2N7O4/c1-28-14-4-3-12(7-11(14)8-15(18(28)31)33-10-16(30)27-32-2)25-17-13(20)9-23-19(26-17)29(22)6-5-24-21/h3-4,7-9,24H,5-6,10H2,1-2H3,(H,27,30)(H,23,25,26). The van der Waals surface area contributed by atoms with Gasteiger partial charge < -0.3 is 14.6 Å². The molecule has 0 aliphatic rings. The van der Waals surface area contributed by atoms with Gasteiger partial charge in [-0.25, -0.2) is 10.5 Å². The molecular weight excluding hydrogens is 680 g/mol. The summed E-state index contributed by atoms with van der Waals surface area (Å²) in [7, 11) is 2.95. The van der Waals surface area contributed by atoms with E-state index in [2.05, 4.69) is 74.9 Å². The fourth-order valence-corrected chi connectivity index (χ4v) is 3.71. The molecule has 176 valence electrons. The van der Waals surface area contributed by atoms with Crippen LogP contribution in [0, 0.1) is 0 Å². The number of nitrogens with one attached hydrogen (secondary N) is 3. The molecule has 14 heteroatoms. The molecule has 0 saturated heterocycles. The van der Waals surface area contributed by atoms with Crippen molar-refractivity contribution in [2.24, 2.45) is 7.05 Å². The molecule has 0 atom stereocenters. The average Bonchev–Trinajstić information content (AvgIpc) is 2.80. The van der Waals surface area contributed by atoms with Crippen LogP contribution in [0.15, 0.2) is 35.3 Å². The minimum absolute atomic E-state index is 0.0418. The first-order chi connectivity index (χ1) is 15.8. The molecule has 2 heterocycles. The van der Waals surface area contributed by atoms with Crippen molar-refractivity contribution in [2.45, 2.75) is 0 Å². The summed E-state index contributed by atoms with van der Waals surface area (Å²) in [6.45, 7) is 1.12. The second-order valence-corrected chi connectivity index (χ2v) is 8.96. The van der Waals surface area contributed by atoms with E-state index in [1.807, 2.05) is 15.2 Å². The van der Waals surface area contributed by atoms with Crippen LogP contribution in [0.1, 0.15) is 0 Å². The predicted octanol–water partition coefficient (Wildman–Crippen LogP) is 2.88. The van der Waals surface area contributed by atoms with Gasteiger partial charge in [-0.3, -0.25) is 21.1 Å². The molecule has 0 aliphatic heterocycles. The Hall–Kier alpha value is -1.95. The van der Waals surface area contributed by atoms with Gasteiger partial charge >= 0.3 is 0 Å². The highest BCUT2D eigenvalue weighted by Crippen LogP contribution is 2.28. The van der Waals surface area contributed by atoms with Crippen LogP contribution in [0.2, 0.25) is 5.02 Å². The van der Waals surface area contributed by atoms with Gasteiger partial charge in [0.2, 0.25) is 5.95 Å². The van der Waals surface area contributed by atoms with Crippen molar-refractivity contribution in [2.75, 3.05) is 35.2 Å². The quantitative estimate of drug-likeness (QED) is 0.167. The van der Waals surface area contributed by atoms with Crippen molar-refractivity contribution in [3.05, 3.63) is 45.8 Å². The molecule has 0 bridgehead atoms. The van der Waals surface area contributed by atoms with E-state index in [0.717, 1.165) is 11.9 Å². The smallest absolute Gasteiger partial charge is 0.293 e. The fourth-order valence-electron chi connectivity index (χ4n) is 2.86. The highest BCUT2D eigenvalue weighted by molar-refractivity contribution is 14.1. The molecule has 3 N–H and O–H groups in total. The summed E-state index contributed by atoms with van der Waals surface area (Å²) < 4.78 is 11.8. The number of anilines is 3. The fraction of sp³-hybridized carbons (Fsp3) is 0.263.